The number of nitrogens with two attached hydrogens (primary N) is 1. The molecule has 0 bridgehead atoms. The van der Waals surface area contributed by atoms with E-state index in [9.17, 15) is 0 Å². The molecule has 0 saturated carbocycles. The van der Waals surface area contributed by atoms with Crippen molar-refractivity contribution in [3.8, 4) is 0 Å². The Hall–Kier alpha value is -0.610. The monoisotopic (exact) mass is 253 g/mol. The van der Waals surface area contributed by atoms with Gasteiger partial charge in [-0.25, -0.2) is 4.98 Å². The van der Waals surface area contributed by atoms with Crippen molar-refractivity contribution in [1.29, 1.82) is 0 Å². The number of thiazole rings is 1. The van der Waals surface area contributed by atoms with Crippen molar-refractivity contribution in [2.75, 3.05) is 18.0 Å². The second-order valence-electron chi connectivity index (χ2n) is 5.80. The van der Waals surface area contributed by atoms with Crippen molar-refractivity contribution >= 4 is 16.5 Å². The molecule has 0 atom stereocenters. The van der Waals surface area contributed by atoms with E-state index in [1.807, 2.05) is 0 Å². The van der Waals surface area contributed by atoms with E-state index in [2.05, 4.69) is 32.6 Å². The zero-order valence-electron chi connectivity index (χ0n) is 11.3. The Morgan fingerprint density at radius 1 is 1.35 bits per heavy atom. The van der Waals surface area contributed by atoms with E-state index >= 15 is 0 Å². The van der Waals surface area contributed by atoms with Crippen molar-refractivity contribution in [3.63, 3.8) is 0 Å². The normalized spacial score (nSPS) is 18.8. The first kappa shape index (κ1) is 12.8. The summed E-state index contributed by atoms with van der Waals surface area (Å²) in [6.45, 7) is 10.8. The molecular formula is C13H23N3S. The molecule has 3 nitrogen and oxygen atoms in total. The highest BCUT2D eigenvalue weighted by molar-refractivity contribution is 7.15. The van der Waals surface area contributed by atoms with E-state index in [0.717, 1.165) is 29.8 Å². The van der Waals surface area contributed by atoms with Crippen LogP contribution in [0.2, 0.25) is 0 Å². The first-order valence-electron chi connectivity index (χ1n) is 6.39. The molecule has 1 aliphatic heterocycles. The summed E-state index contributed by atoms with van der Waals surface area (Å²) in [6, 6.07) is 0. The minimum absolute atomic E-state index is 0.275. The number of anilines is 1. The predicted molar refractivity (Wildman–Crippen MR) is 74.7 cm³/mol. The van der Waals surface area contributed by atoms with Crippen LogP contribution in [0.15, 0.2) is 0 Å². The highest BCUT2D eigenvalue weighted by Crippen LogP contribution is 2.34. The minimum atomic E-state index is -0.275. The van der Waals surface area contributed by atoms with Crippen LogP contribution in [0.1, 0.15) is 44.2 Å². The maximum Gasteiger partial charge on any atom is 0.185 e. The maximum atomic E-state index is 6.17. The number of hydrogen-bond donors (Lipinski definition) is 1. The van der Waals surface area contributed by atoms with Crippen molar-refractivity contribution in [2.45, 2.75) is 46.1 Å². The number of hydrogen-bond acceptors (Lipinski definition) is 4. The summed E-state index contributed by atoms with van der Waals surface area (Å²) >= 11 is 1.76. The summed E-state index contributed by atoms with van der Waals surface area (Å²) in [5.74, 6) is 0.859. The van der Waals surface area contributed by atoms with Crippen LogP contribution in [0.5, 0.6) is 0 Å². The molecule has 0 unspecified atom stereocenters. The van der Waals surface area contributed by atoms with Gasteiger partial charge in [-0.05, 0) is 39.5 Å². The molecule has 4 heteroatoms. The third-order valence-corrected chi connectivity index (χ3v) is 4.98. The molecule has 0 amide bonds. The van der Waals surface area contributed by atoms with Gasteiger partial charge in [0.2, 0.25) is 0 Å². The van der Waals surface area contributed by atoms with Crippen LogP contribution >= 0.6 is 11.3 Å². The Balaban J connectivity index is 2.18. The Morgan fingerprint density at radius 2 is 1.94 bits per heavy atom. The van der Waals surface area contributed by atoms with Crippen molar-refractivity contribution in [3.05, 3.63) is 10.6 Å². The van der Waals surface area contributed by atoms with Crippen LogP contribution < -0.4 is 10.6 Å². The zero-order valence-corrected chi connectivity index (χ0v) is 12.1. The molecule has 1 saturated heterocycles. The van der Waals surface area contributed by atoms with E-state index in [0.29, 0.717) is 0 Å². The van der Waals surface area contributed by atoms with Gasteiger partial charge in [0.15, 0.2) is 5.13 Å². The fourth-order valence-electron chi connectivity index (χ4n) is 2.32. The van der Waals surface area contributed by atoms with Gasteiger partial charge in [-0.15, -0.1) is 0 Å². The number of piperidine rings is 1. The van der Waals surface area contributed by atoms with E-state index in [1.54, 1.807) is 11.3 Å². The summed E-state index contributed by atoms with van der Waals surface area (Å²) in [5.41, 5.74) is 6.99. The Morgan fingerprint density at radius 3 is 2.41 bits per heavy atom. The summed E-state index contributed by atoms with van der Waals surface area (Å²) in [4.78, 5) is 8.31. The molecule has 0 aliphatic carbocycles. The van der Waals surface area contributed by atoms with Gasteiger partial charge in [0, 0.05) is 23.5 Å². The zero-order chi connectivity index (χ0) is 12.6. The molecule has 2 heterocycles. The molecule has 96 valence electrons. The van der Waals surface area contributed by atoms with Gasteiger partial charge in [-0.2, -0.15) is 0 Å². The lowest BCUT2D eigenvalue weighted by Gasteiger charge is -2.29. The quantitative estimate of drug-likeness (QED) is 0.881. The SMILES string of the molecule is Cc1nc(N2CCC(C)CC2)sc1C(C)(C)N. The second-order valence-corrected chi connectivity index (χ2v) is 6.78. The molecule has 1 aromatic rings. The van der Waals surface area contributed by atoms with Crippen molar-refractivity contribution in [2.24, 2.45) is 11.7 Å². The van der Waals surface area contributed by atoms with Gasteiger partial charge in [-0.1, -0.05) is 18.3 Å². The minimum Gasteiger partial charge on any atom is -0.348 e. The molecule has 2 N–H and O–H groups in total. The fourth-order valence-corrected chi connectivity index (χ4v) is 3.45. The van der Waals surface area contributed by atoms with Gasteiger partial charge in [-0.3, -0.25) is 0 Å². The summed E-state index contributed by atoms with van der Waals surface area (Å²) in [5, 5.41) is 1.16. The van der Waals surface area contributed by atoms with Crippen LogP contribution in [-0.4, -0.2) is 18.1 Å². The molecule has 1 fully saturated rings. The Bertz CT molecular complexity index is 384. The Labute approximate surface area is 108 Å². The fraction of sp³-hybridized carbons (Fsp3) is 0.769. The van der Waals surface area contributed by atoms with Gasteiger partial charge in [0.1, 0.15) is 0 Å². The van der Waals surface area contributed by atoms with Crippen LogP contribution in [0.4, 0.5) is 5.13 Å². The maximum absolute atomic E-state index is 6.17. The number of aryl methyl sites for hydroxylation is 1. The molecule has 0 radical (unpaired) electrons. The average molecular weight is 253 g/mol. The van der Waals surface area contributed by atoms with Crippen molar-refractivity contribution < 1.29 is 0 Å². The lowest BCUT2D eigenvalue weighted by atomic mass is 10.00. The molecule has 0 spiro atoms. The van der Waals surface area contributed by atoms with Crippen LogP contribution in [-0.2, 0) is 5.54 Å². The van der Waals surface area contributed by atoms with E-state index < -0.39 is 0 Å². The molecule has 17 heavy (non-hydrogen) atoms. The molecule has 2 rings (SSSR count). The van der Waals surface area contributed by atoms with Gasteiger partial charge >= 0.3 is 0 Å². The average Bonchev–Trinajstić information content (AvgIpc) is 2.61. The van der Waals surface area contributed by atoms with Gasteiger partial charge in [0.25, 0.3) is 0 Å². The number of rotatable bonds is 2. The van der Waals surface area contributed by atoms with Crippen LogP contribution in [0.25, 0.3) is 0 Å². The van der Waals surface area contributed by atoms with Crippen molar-refractivity contribution in [1.82, 2.24) is 4.98 Å². The molecule has 1 aromatic heterocycles. The topological polar surface area (TPSA) is 42.2 Å². The highest BCUT2D eigenvalue weighted by atomic mass is 32.1. The van der Waals surface area contributed by atoms with Gasteiger partial charge < -0.3 is 10.6 Å². The summed E-state index contributed by atoms with van der Waals surface area (Å²) < 4.78 is 0. The summed E-state index contributed by atoms with van der Waals surface area (Å²) in [7, 11) is 0. The smallest absolute Gasteiger partial charge is 0.185 e. The van der Waals surface area contributed by atoms with E-state index in [-0.39, 0.29) is 5.54 Å². The third kappa shape index (κ3) is 2.80. The summed E-state index contributed by atoms with van der Waals surface area (Å²) in [6.07, 6.45) is 2.56. The van der Waals surface area contributed by atoms with Crippen LogP contribution in [0, 0.1) is 12.8 Å². The standard InChI is InChI=1S/C13H23N3S/c1-9-5-7-16(8-6-9)12-15-10(2)11(17-12)13(3,4)14/h9H,5-8,14H2,1-4H3. The first-order valence-corrected chi connectivity index (χ1v) is 7.21. The molecule has 0 aromatic carbocycles. The highest BCUT2D eigenvalue weighted by Gasteiger charge is 2.24. The number of nitrogens with zero attached hydrogens (tertiary/aromatic N) is 2. The van der Waals surface area contributed by atoms with Crippen LogP contribution in [0.3, 0.4) is 0 Å². The predicted octanol–water partition coefficient (Wildman–Crippen LogP) is 2.88. The first-order chi connectivity index (χ1) is 7.88. The molecule has 1 aliphatic rings. The largest absolute Gasteiger partial charge is 0.348 e. The van der Waals surface area contributed by atoms with E-state index in [1.165, 1.54) is 17.7 Å². The molecular weight excluding hydrogens is 230 g/mol. The lowest BCUT2D eigenvalue weighted by Crippen LogP contribution is -2.32. The van der Waals surface area contributed by atoms with E-state index in [4.69, 9.17) is 10.7 Å². The lowest BCUT2D eigenvalue weighted by molar-refractivity contribution is 0.438. The Kier molecular flexibility index (Phi) is 3.46. The second kappa shape index (κ2) is 4.58. The number of aromatic nitrogens is 1. The third-order valence-electron chi connectivity index (χ3n) is 3.42. The van der Waals surface area contributed by atoms with Gasteiger partial charge in [0.05, 0.1) is 5.69 Å².